The number of ketones is 4. The average Bonchev–Trinajstić information content (AvgIpc) is 1.79. The fourth-order valence-corrected chi connectivity index (χ4v) is 0.701. The molecule has 0 atom stereocenters. The predicted molar refractivity (Wildman–Crippen MR) is 52.0 cm³/mol. The van der Waals surface area contributed by atoms with Gasteiger partial charge in [-0.2, -0.15) is 0 Å². The molecular weight excluding hydrogens is 303 g/mol. The van der Waals surface area contributed by atoms with Crippen molar-refractivity contribution in [1.29, 1.82) is 0 Å². The summed E-state index contributed by atoms with van der Waals surface area (Å²) in [6.45, 7) is 5.62. The SMILES string of the molecule is CC(=O)CC(C)=O.CC(=O)CC(C)=O.[Cl-].[Cl-].[Ti+2]. The van der Waals surface area contributed by atoms with Gasteiger partial charge in [0.15, 0.2) is 0 Å². The molecule has 7 heteroatoms. The van der Waals surface area contributed by atoms with Crippen LogP contribution in [-0.2, 0) is 40.9 Å². The van der Waals surface area contributed by atoms with E-state index in [9.17, 15) is 19.2 Å². The van der Waals surface area contributed by atoms with Crippen molar-refractivity contribution in [1.82, 2.24) is 0 Å². The zero-order valence-electron chi connectivity index (χ0n) is 10.3. The van der Waals surface area contributed by atoms with E-state index >= 15 is 0 Å². The van der Waals surface area contributed by atoms with Crippen molar-refractivity contribution < 1.29 is 65.7 Å². The van der Waals surface area contributed by atoms with Gasteiger partial charge in [-0.25, -0.2) is 0 Å². The van der Waals surface area contributed by atoms with Crippen LogP contribution in [0.3, 0.4) is 0 Å². The van der Waals surface area contributed by atoms with E-state index in [1.807, 2.05) is 0 Å². The van der Waals surface area contributed by atoms with Crippen LogP contribution >= 0.6 is 0 Å². The molecule has 4 nitrogen and oxygen atoms in total. The molecule has 0 aromatic heterocycles. The Hall–Kier alpha value is -0.0257. The molecule has 0 heterocycles. The van der Waals surface area contributed by atoms with Gasteiger partial charge in [-0.15, -0.1) is 0 Å². The second-order valence-corrected chi connectivity index (χ2v) is 3.16. The first-order valence-corrected chi connectivity index (χ1v) is 4.23. The molecule has 0 fully saturated rings. The van der Waals surface area contributed by atoms with Crippen LogP contribution in [0.2, 0.25) is 0 Å². The van der Waals surface area contributed by atoms with Crippen LogP contribution in [0.15, 0.2) is 0 Å². The molecule has 0 rings (SSSR count). The molecule has 0 unspecified atom stereocenters. The molecule has 0 aliphatic carbocycles. The normalized spacial score (nSPS) is 6.82. The van der Waals surface area contributed by atoms with Crippen molar-refractivity contribution >= 4 is 23.1 Å². The zero-order chi connectivity index (χ0) is 11.7. The van der Waals surface area contributed by atoms with Gasteiger partial charge in [-0.3, -0.25) is 19.2 Å². The van der Waals surface area contributed by atoms with Gasteiger partial charge in [0.05, 0.1) is 12.8 Å². The summed E-state index contributed by atoms with van der Waals surface area (Å²) < 4.78 is 0. The van der Waals surface area contributed by atoms with Crippen LogP contribution in [0.25, 0.3) is 0 Å². The molecule has 0 aromatic rings. The smallest absolute Gasteiger partial charge is 1.00 e. The number of rotatable bonds is 4. The van der Waals surface area contributed by atoms with E-state index in [0.717, 1.165) is 0 Å². The summed E-state index contributed by atoms with van der Waals surface area (Å²) in [7, 11) is 0. The zero-order valence-corrected chi connectivity index (χ0v) is 13.4. The summed E-state index contributed by atoms with van der Waals surface area (Å²) >= 11 is 0. The summed E-state index contributed by atoms with van der Waals surface area (Å²) in [5.74, 6) is -0.250. The maximum atomic E-state index is 10.0. The van der Waals surface area contributed by atoms with Crippen LogP contribution in [0, 0.1) is 0 Å². The Morgan fingerprint density at radius 1 is 0.588 bits per heavy atom. The van der Waals surface area contributed by atoms with E-state index in [1.54, 1.807) is 0 Å². The summed E-state index contributed by atoms with van der Waals surface area (Å²) in [5, 5.41) is 0. The van der Waals surface area contributed by atoms with Gasteiger partial charge in [-0.1, -0.05) is 0 Å². The average molecular weight is 319 g/mol. The molecular formula is C10H16Cl2O4Ti. The summed E-state index contributed by atoms with van der Waals surface area (Å²) in [6, 6.07) is 0. The number of carbonyl (C=O) groups is 4. The summed E-state index contributed by atoms with van der Waals surface area (Å²) in [4.78, 5) is 40.1. The Balaban J connectivity index is -0.0000000480. The fraction of sp³-hybridized carbons (Fsp3) is 0.600. The number of hydrogen-bond acceptors (Lipinski definition) is 4. The molecule has 0 saturated heterocycles. The fourth-order valence-electron chi connectivity index (χ4n) is 0.701. The Bertz CT molecular complexity index is 205. The van der Waals surface area contributed by atoms with Crippen molar-refractivity contribution in [3.8, 4) is 0 Å². The second kappa shape index (κ2) is 18.3. The molecule has 0 amide bonds. The van der Waals surface area contributed by atoms with Gasteiger partial charge >= 0.3 is 21.7 Å². The Morgan fingerprint density at radius 3 is 0.706 bits per heavy atom. The third-order valence-electron chi connectivity index (χ3n) is 0.996. The van der Waals surface area contributed by atoms with Crippen molar-refractivity contribution in [3.63, 3.8) is 0 Å². The van der Waals surface area contributed by atoms with Crippen LogP contribution in [0.4, 0.5) is 0 Å². The van der Waals surface area contributed by atoms with E-state index < -0.39 is 0 Å². The van der Waals surface area contributed by atoms with E-state index in [4.69, 9.17) is 0 Å². The molecule has 0 aliphatic heterocycles. The number of carbonyl (C=O) groups excluding carboxylic acids is 4. The molecule has 0 radical (unpaired) electrons. The van der Waals surface area contributed by atoms with Gasteiger partial charge in [0.25, 0.3) is 0 Å². The first-order valence-electron chi connectivity index (χ1n) is 4.23. The maximum Gasteiger partial charge on any atom is 2.00 e. The molecule has 17 heavy (non-hydrogen) atoms. The van der Waals surface area contributed by atoms with Crippen molar-refractivity contribution in [2.45, 2.75) is 40.5 Å². The van der Waals surface area contributed by atoms with E-state index in [0.29, 0.717) is 0 Å². The molecule has 0 spiro atoms. The number of hydrogen-bond donors (Lipinski definition) is 0. The quantitative estimate of drug-likeness (QED) is 0.385. The first kappa shape index (κ1) is 30.2. The maximum absolute atomic E-state index is 10.0. The third-order valence-corrected chi connectivity index (χ3v) is 0.996. The first-order chi connectivity index (χ1) is 6.25. The second-order valence-electron chi connectivity index (χ2n) is 3.16. The molecule has 0 aliphatic rings. The third kappa shape index (κ3) is 49.1. The van der Waals surface area contributed by atoms with E-state index in [2.05, 4.69) is 0 Å². The molecule has 0 bridgehead atoms. The summed E-state index contributed by atoms with van der Waals surface area (Å²) in [6.07, 6.45) is 0.167. The van der Waals surface area contributed by atoms with Gasteiger partial charge in [0.2, 0.25) is 0 Å². The van der Waals surface area contributed by atoms with Gasteiger partial charge in [0, 0.05) is 0 Å². The Morgan fingerprint density at radius 2 is 0.706 bits per heavy atom. The minimum Gasteiger partial charge on any atom is -1.00 e. The van der Waals surface area contributed by atoms with Crippen molar-refractivity contribution in [2.75, 3.05) is 0 Å². The number of Topliss-reactive ketones (excluding diaryl/α,β-unsaturated/α-hetero) is 4. The van der Waals surface area contributed by atoms with E-state index in [-0.39, 0.29) is 82.5 Å². The Labute approximate surface area is 129 Å². The number of halogens is 2. The van der Waals surface area contributed by atoms with Crippen LogP contribution in [0.1, 0.15) is 40.5 Å². The van der Waals surface area contributed by atoms with Gasteiger partial charge in [-0.05, 0) is 27.7 Å². The monoisotopic (exact) mass is 318 g/mol. The molecule has 0 saturated carbocycles. The topological polar surface area (TPSA) is 68.3 Å². The van der Waals surface area contributed by atoms with Crippen molar-refractivity contribution in [3.05, 3.63) is 0 Å². The molecule has 98 valence electrons. The summed E-state index contributed by atoms with van der Waals surface area (Å²) in [5.41, 5.74) is 0. The largest absolute Gasteiger partial charge is 2.00 e. The van der Waals surface area contributed by atoms with Crippen LogP contribution < -0.4 is 24.8 Å². The van der Waals surface area contributed by atoms with Crippen LogP contribution in [0.5, 0.6) is 0 Å². The van der Waals surface area contributed by atoms with Crippen LogP contribution in [-0.4, -0.2) is 23.1 Å². The minimum absolute atomic E-state index is 0. The minimum atomic E-state index is -0.0625. The van der Waals surface area contributed by atoms with Gasteiger partial charge in [0.1, 0.15) is 23.1 Å². The van der Waals surface area contributed by atoms with E-state index in [1.165, 1.54) is 27.7 Å². The van der Waals surface area contributed by atoms with Gasteiger partial charge < -0.3 is 24.8 Å². The molecule has 0 aromatic carbocycles. The van der Waals surface area contributed by atoms with Crippen molar-refractivity contribution in [2.24, 2.45) is 0 Å². The predicted octanol–water partition coefficient (Wildman–Crippen LogP) is -4.89. The molecule has 0 N–H and O–H groups in total. The standard InChI is InChI=1S/2C5H8O2.2ClH.Ti/c2*1-4(6)3-5(2)7;;;/h2*3H2,1-2H3;2*1H;/q;;;;+2/p-2. The Kier molecular flexibility index (Phi) is 32.6.